The van der Waals surface area contributed by atoms with E-state index in [1.165, 1.54) is 0 Å². The van der Waals surface area contributed by atoms with Crippen molar-refractivity contribution in [2.75, 3.05) is 34.2 Å². The van der Waals surface area contributed by atoms with Crippen LogP contribution in [0.5, 0.6) is 0 Å². The highest BCUT2D eigenvalue weighted by atomic mass is 16.5. The zero-order chi connectivity index (χ0) is 13.3. The van der Waals surface area contributed by atoms with E-state index in [4.69, 9.17) is 4.74 Å². The van der Waals surface area contributed by atoms with E-state index in [1.54, 1.807) is 30.9 Å². The van der Waals surface area contributed by atoms with Gasteiger partial charge in [0.05, 0.1) is 6.10 Å². The zero-order valence-electron chi connectivity index (χ0n) is 11.2. The van der Waals surface area contributed by atoms with Crippen LogP contribution in [0.4, 0.5) is 4.79 Å². The number of urea groups is 1. The minimum atomic E-state index is -0.348. The van der Waals surface area contributed by atoms with Crippen LogP contribution in [-0.4, -0.2) is 68.2 Å². The van der Waals surface area contributed by atoms with Gasteiger partial charge in [0.2, 0.25) is 5.91 Å². The summed E-state index contributed by atoms with van der Waals surface area (Å²) in [5.74, 6) is 0.341. The molecule has 2 aliphatic heterocycles. The van der Waals surface area contributed by atoms with Gasteiger partial charge in [0, 0.05) is 34.2 Å². The number of nitrogens with zero attached hydrogens (tertiary/aromatic N) is 2. The molecular weight excluding hydrogens is 234 g/mol. The molecule has 2 fully saturated rings. The van der Waals surface area contributed by atoms with Gasteiger partial charge in [-0.2, -0.15) is 0 Å². The SMILES string of the molecule is CNC(=O)[C@H]1C[C@H]2CCN(C(=O)N(C)C)C[C@@H]2O1. The molecule has 0 aromatic rings. The van der Waals surface area contributed by atoms with E-state index in [0.29, 0.717) is 12.5 Å². The van der Waals surface area contributed by atoms with E-state index in [9.17, 15) is 9.59 Å². The molecule has 0 aromatic carbocycles. The lowest BCUT2D eigenvalue weighted by Gasteiger charge is -2.35. The van der Waals surface area contributed by atoms with Gasteiger partial charge in [0.15, 0.2) is 0 Å². The molecule has 0 aromatic heterocycles. The number of hydrogen-bond acceptors (Lipinski definition) is 3. The van der Waals surface area contributed by atoms with Crippen LogP contribution in [0.25, 0.3) is 0 Å². The number of carbonyl (C=O) groups excluding carboxylic acids is 2. The average Bonchev–Trinajstić information content (AvgIpc) is 2.79. The highest BCUT2D eigenvalue weighted by Gasteiger charge is 2.42. The van der Waals surface area contributed by atoms with Crippen LogP contribution in [0.15, 0.2) is 0 Å². The van der Waals surface area contributed by atoms with Gasteiger partial charge in [-0.3, -0.25) is 4.79 Å². The van der Waals surface area contributed by atoms with Crippen molar-refractivity contribution >= 4 is 11.9 Å². The third-order valence-corrected chi connectivity index (χ3v) is 3.74. The first-order valence-corrected chi connectivity index (χ1v) is 6.36. The Labute approximate surface area is 107 Å². The maximum absolute atomic E-state index is 11.9. The molecule has 0 saturated carbocycles. The minimum absolute atomic E-state index is 0.00458. The molecule has 102 valence electrons. The molecule has 6 heteroatoms. The van der Waals surface area contributed by atoms with Crippen LogP contribution >= 0.6 is 0 Å². The quantitative estimate of drug-likeness (QED) is 0.711. The summed E-state index contributed by atoms with van der Waals surface area (Å²) < 4.78 is 5.75. The molecule has 3 atom stereocenters. The molecule has 1 N–H and O–H groups in total. The summed E-state index contributed by atoms with van der Waals surface area (Å²) in [6, 6.07) is 0.0143. The van der Waals surface area contributed by atoms with Crippen molar-refractivity contribution in [2.45, 2.75) is 25.0 Å². The molecule has 2 saturated heterocycles. The van der Waals surface area contributed by atoms with Crippen molar-refractivity contribution in [3.05, 3.63) is 0 Å². The Morgan fingerprint density at radius 3 is 2.72 bits per heavy atom. The van der Waals surface area contributed by atoms with Crippen LogP contribution in [0.3, 0.4) is 0 Å². The molecule has 0 radical (unpaired) electrons. The van der Waals surface area contributed by atoms with E-state index >= 15 is 0 Å². The summed E-state index contributed by atoms with van der Waals surface area (Å²) in [7, 11) is 5.12. The number of rotatable bonds is 1. The molecule has 0 spiro atoms. The molecule has 18 heavy (non-hydrogen) atoms. The number of amides is 3. The lowest BCUT2D eigenvalue weighted by Crippen LogP contribution is -2.49. The lowest BCUT2D eigenvalue weighted by atomic mass is 9.92. The molecule has 0 bridgehead atoms. The van der Waals surface area contributed by atoms with E-state index in [1.807, 2.05) is 0 Å². The monoisotopic (exact) mass is 255 g/mol. The number of likely N-dealkylation sites (tertiary alicyclic amines) is 1. The Morgan fingerprint density at radius 2 is 2.11 bits per heavy atom. The van der Waals surface area contributed by atoms with Crippen LogP contribution in [0.1, 0.15) is 12.8 Å². The van der Waals surface area contributed by atoms with Crippen LogP contribution in [0, 0.1) is 5.92 Å². The molecule has 2 rings (SSSR count). The molecule has 0 aliphatic carbocycles. The predicted octanol–water partition coefficient (Wildman–Crippen LogP) is -0.107. The fourth-order valence-electron chi connectivity index (χ4n) is 2.72. The summed E-state index contributed by atoms with van der Waals surface area (Å²) in [4.78, 5) is 26.8. The second-order valence-electron chi connectivity index (χ2n) is 5.18. The normalized spacial score (nSPS) is 30.8. The first-order valence-electron chi connectivity index (χ1n) is 6.36. The standard InChI is InChI=1S/C12H21N3O3/c1-13-11(16)9-6-8-4-5-15(7-10(8)18-9)12(17)14(2)3/h8-10H,4-7H2,1-3H3,(H,13,16)/t8-,9-,10+/m1/s1. The Hall–Kier alpha value is -1.30. The van der Waals surface area contributed by atoms with Gasteiger partial charge in [0.25, 0.3) is 0 Å². The van der Waals surface area contributed by atoms with E-state index in [0.717, 1.165) is 19.4 Å². The number of ether oxygens (including phenoxy) is 1. The fraction of sp³-hybridized carbons (Fsp3) is 0.833. The molecular formula is C12H21N3O3. The van der Waals surface area contributed by atoms with Gasteiger partial charge < -0.3 is 19.9 Å². The Bertz CT molecular complexity index is 345. The van der Waals surface area contributed by atoms with E-state index in [2.05, 4.69) is 5.32 Å². The highest BCUT2D eigenvalue weighted by Crippen LogP contribution is 2.33. The first-order chi connectivity index (χ1) is 8.52. The summed E-state index contributed by atoms with van der Waals surface area (Å²) in [5, 5.41) is 2.62. The van der Waals surface area contributed by atoms with E-state index < -0.39 is 0 Å². The van der Waals surface area contributed by atoms with Crippen molar-refractivity contribution < 1.29 is 14.3 Å². The van der Waals surface area contributed by atoms with Crippen molar-refractivity contribution in [1.29, 1.82) is 0 Å². The first kappa shape index (κ1) is 13.1. The van der Waals surface area contributed by atoms with Crippen LogP contribution in [-0.2, 0) is 9.53 Å². The van der Waals surface area contributed by atoms with Gasteiger partial charge >= 0.3 is 6.03 Å². The van der Waals surface area contributed by atoms with Crippen molar-refractivity contribution in [1.82, 2.24) is 15.1 Å². The summed E-state index contributed by atoms with van der Waals surface area (Å²) in [5.41, 5.74) is 0. The summed E-state index contributed by atoms with van der Waals surface area (Å²) in [6.45, 7) is 1.34. The maximum atomic E-state index is 11.9. The number of carbonyl (C=O) groups is 2. The highest BCUT2D eigenvalue weighted by molar-refractivity contribution is 5.80. The summed E-state index contributed by atoms with van der Waals surface area (Å²) in [6.07, 6.45) is 1.34. The molecule has 3 amide bonds. The van der Waals surface area contributed by atoms with Gasteiger partial charge in [-0.1, -0.05) is 0 Å². The lowest BCUT2D eigenvalue weighted by molar-refractivity contribution is -0.132. The third-order valence-electron chi connectivity index (χ3n) is 3.74. The van der Waals surface area contributed by atoms with Gasteiger partial charge in [-0.25, -0.2) is 4.79 Å². The Morgan fingerprint density at radius 1 is 1.39 bits per heavy atom. The van der Waals surface area contributed by atoms with Crippen molar-refractivity contribution in [3.63, 3.8) is 0 Å². The average molecular weight is 255 g/mol. The van der Waals surface area contributed by atoms with Crippen LogP contribution < -0.4 is 5.32 Å². The summed E-state index contributed by atoms with van der Waals surface area (Å²) >= 11 is 0. The fourth-order valence-corrected chi connectivity index (χ4v) is 2.72. The third kappa shape index (κ3) is 2.43. The largest absolute Gasteiger partial charge is 0.363 e. The molecule has 2 aliphatic rings. The number of piperidine rings is 1. The smallest absolute Gasteiger partial charge is 0.319 e. The van der Waals surface area contributed by atoms with Gasteiger partial charge in [0.1, 0.15) is 6.10 Å². The van der Waals surface area contributed by atoms with Gasteiger partial charge in [-0.15, -0.1) is 0 Å². The number of hydrogen-bond donors (Lipinski definition) is 1. The molecule has 2 heterocycles. The minimum Gasteiger partial charge on any atom is -0.363 e. The predicted molar refractivity (Wildman–Crippen MR) is 66.1 cm³/mol. The Kier molecular flexibility index (Phi) is 3.75. The second kappa shape index (κ2) is 5.14. The number of nitrogens with one attached hydrogen (secondary N) is 1. The maximum Gasteiger partial charge on any atom is 0.319 e. The topological polar surface area (TPSA) is 61.9 Å². The number of fused-ring (bicyclic) bond motifs is 1. The zero-order valence-corrected chi connectivity index (χ0v) is 11.2. The molecule has 6 nitrogen and oxygen atoms in total. The van der Waals surface area contributed by atoms with E-state index in [-0.39, 0.29) is 24.1 Å². The molecule has 0 unspecified atom stereocenters. The second-order valence-corrected chi connectivity index (χ2v) is 5.18. The Balaban J connectivity index is 1.95. The van der Waals surface area contributed by atoms with Crippen LogP contribution in [0.2, 0.25) is 0 Å². The number of likely N-dealkylation sites (N-methyl/N-ethyl adjacent to an activating group) is 1. The van der Waals surface area contributed by atoms with Crippen molar-refractivity contribution in [3.8, 4) is 0 Å². The van der Waals surface area contributed by atoms with Crippen molar-refractivity contribution in [2.24, 2.45) is 5.92 Å². The van der Waals surface area contributed by atoms with Gasteiger partial charge in [-0.05, 0) is 18.8 Å².